The molecule has 1 aromatic carbocycles. The molecule has 0 saturated carbocycles. The Morgan fingerprint density at radius 1 is 1.37 bits per heavy atom. The highest BCUT2D eigenvalue weighted by atomic mass is 16.6. The highest BCUT2D eigenvalue weighted by Gasteiger charge is 2.20. The third-order valence-electron chi connectivity index (χ3n) is 3.96. The molecule has 0 atom stereocenters. The summed E-state index contributed by atoms with van der Waals surface area (Å²) in [4.78, 5) is 12.9. The van der Waals surface area contributed by atoms with Gasteiger partial charge in [-0.1, -0.05) is 13.3 Å². The molecule has 1 saturated heterocycles. The molecule has 0 aromatic heterocycles. The van der Waals surface area contributed by atoms with Crippen LogP contribution in [0.4, 0.5) is 17.1 Å². The summed E-state index contributed by atoms with van der Waals surface area (Å²) < 4.78 is 0. The molecule has 0 bridgehead atoms. The fourth-order valence-electron chi connectivity index (χ4n) is 2.63. The number of piperidine rings is 1. The Balaban J connectivity index is 2.20. The minimum Gasteiger partial charge on any atom is -0.388 e. The topological polar surface area (TPSA) is 58.4 Å². The summed E-state index contributed by atoms with van der Waals surface area (Å²) in [6.07, 6.45) is 3.58. The van der Waals surface area contributed by atoms with E-state index in [-0.39, 0.29) is 10.6 Å². The molecule has 0 radical (unpaired) electrons. The van der Waals surface area contributed by atoms with Crippen LogP contribution in [0.1, 0.15) is 26.2 Å². The third kappa shape index (κ3) is 3.16. The van der Waals surface area contributed by atoms with E-state index in [1.165, 1.54) is 19.3 Å². The van der Waals surface area contributed by atoms with Crippen molar-refractivity contribution in [3.05, 3.63) is 28.3 Å². The number of nitrogens with one attached hydrogen (secondary N) is 1. The van der Waals surface area contributed by atoms with Gasteiger partial charge in [-0.15, -0.1) is 0 Å². The normalized spacial score (nSPS) is 16.4. The first-order valence-electron chi connectivity index (χ1n) is 6.86. The van der Waals surface area contributed by atoms with E-state index in [1.54, 1.807) is 19.2 Å². The van der Waals surface area contributed by atoms with Crippen molar-refractivity contribution in [2.45, 2.75) is 26.2 Å². The SMILES string of the molecule is CCC1CCN(c2cc(NC)cc([N+](=O)[O-])c2)CC1. The van der Waals surface area contributed by atoms with Crippen molar-refractivity contribution >= 4 is 17.1 Å². The second kappa shape index (κ2) is 5.91. The van der Waals surface area contributed by atoms with Crippen molar-refractivity contribution in [2.24, 2.45) is 5.92 Å². The average molecular weight is 263 g/mol. The summed E-state index contributed by atoms with van der Waals surface area (Å²) in [6.45, 7) is 4.21. The summed E-state index contributed by atoms with van der Waals surface area (Å²) in [6, 6.07) is 5.23. The summed E-state index contributed by atoms with van der Waals surface area (Å²) in [7, 11) is 1.78. The standard InChI is InChI=1S/C14H21N3O2/c1-3-11-4-6-16(7-5-11)13-8-12(15-2)9-14(10-13)17(18)19/h8-11,15H,3-7H2,1-2H3. The number of rotatable bonds is 4. The van der Waals surface area contributed by atoms with Crippen LogP contribution in [0.2, 0.25) is 0 Å². The van der Waals surface area contributed by atoms with E-state index < -0.39 is 0 Å². The first-order chi connectivity index (χ1) is 9.13. The molecule has 1 aliphatic rings. The van der Waals surface area contributed by atoms with Crippen molar-refractivity contribution in [1.29, 1.82) is 0 Å². The minimum atomic E-state index is -0.330. The molecule has 1 aromatic rings. The lowest BCUT2D eigenvalue weighted by molar-refractivity contribution is -0.384. The summed E-state index contributed by atoms with van der Waals surface area (Å²) in [5.74, 6) is 0.804. The molecule has 0 spiro atoms. The van der Waals surface area contributed by atoms with Crippen LogP contribution in [0.5, 0.6) is 0 Å². The van der Waals surface area contributed by atoms with E-state index in [4.69, 9.17) is 0 Å². The number of benzene rings is 1. The van der Waals surface area contributed by atoms with E-state index in [2.05, 4.69) is 17.1 Å². The van der Waals surface area contributed by atoms with Gasteiger partial charge in [0.2, 0.25) is 0 Å². The molecule has 0 amide bonds. The predicted octanol–water partition coefficient (Wildman–Crippen LogP) is 3.26. The van der Waals surface area contributed by atoms with Crippen LogP contribution >= 0.6 is 0 Å². The van der Waals surface area contributed by atoms with Gasteiger partial charge in [-0.3, -0.25) is 10.1 Å². The van der Waals surface area contributed by atoms with Crippen molar-refractivity contribution in [2.75, 3.05) is 30.4 Å². The Morgan fingerprint density at radius 3 is 2.58 bits per heavy atom. The van der Waals surface area contributed by atoms with Gasteiger partial charge < -0.3 is 10.2 Å². The van der Waals surface area contributed by atoms with Gasteiger partial charge >= 0.3 is 0 Å². The summed E-state index contributed by atoms with van der Waals surface area (Å²) in [5, 5.41) is 14.0. The lowest BCUT2D eigenvalue weighted by Crippen LogP contribution is -2.33. The zero-order valence-electron chi connectivity index (χ0n) is 11.6. The van der Waals surface area contributed by atoms with Crippen molar-refractivity contribution in [3.8, 4) is 0 Å². The number of hydrogen-bond acceptors (Lipinski definition) is 4. The number of non-ortho nitro benzene ring substituents is 1. The van der Waals surface area contributed by atoms with Gasteiger partial charge in [0.15, 0.2) is 0 Å². The third-order valence-corrected chi connectivity index (χ3v) is 3.96. The second-order valence-electron chi connectivity index (χ2n) is 5.08. The number of nitro groups is 1. The number of anilines is 2. The molecule has 1 N–H and O–H groups in total. The molecular weight excluding hydrogens is 242 g/mol. The molecule has 2 rings (SSSR count). The highest BCUT2D eigenvalue weighted by molar-refractivity contribution is 5.64. The Morgan fingerprint density at radius 2 is 2.05 bits per heavy atom. The first-order valence-corrected chi connectivity index (χ1v) is 6.86. The van der Waals surface area contributed by atoms with Gasteiger partial charge in [0.1, 0.15) is 0 Å². The Hall–Kier alpha value is -1.78. The molecule has 19 heavy (non-hydrogen) atoms. The molecule has 1 heterocycles. The fourth-order valence-corrected chi connectivity index (χ4v) is 2.63. The maximum Gasteiger partial charge on any atom is 0.273 e. The molecule has 5 nitrogen and oxygen atoms in total. The molecule has 1 fully saturated rings. The minimum absolute atomic E-state index is 0.152. The van der Waals surface area contributed by atoms with Crippen LogP contribution in [0.25, 0.3) is 0 Å². The molecule has 1 aliphatic heterocycles. The largest absolute Gasteiger partial charge is 0.388 e. The van der Waals surface area contributed by atoms with Gasteiger partial charge in [0.25, 0.3) is 5.69 Å². The van der Waals surface area contributed by atoms with Crippen LogP contribution in [0.15, 0.2) is 18.2 Å². The molecular formula is C14H21N3O2. The van der Waals surface area contributed by atoms with Crippen LogP contribution in [-0.4, -0.2) is 25.1 Å². The lowest BCUT2D eigenvalue weighted by Gasteiger charge is -2.33. The molecule has 0 unspecified atom stereocenters. The van der Waals surface area contributed by atoms with Gasteiger partial charge in [-0.25, -0.2) is 0 Å². The van der Waals surface area contributed by atoms with E-state index >= 15 is 0 Å². The van der Waals surface area contributed by atoms with Crippen LogP contribution in [-0.2, 0) is 0 Å². The quantitative estimate of drug-likeness (QED) is 0.669. The summed E-state index contributed by atoms with van der Waals surface area (Å²) in [5.41, 5.74) is 1.90. The van der Waals surface area contributed by atoms with Gasteiger partial charge in [0.05, 0.1) is 4.92 Å². The number of nitro benzene ring substituents is 1. The number of nitrogens with zero attached hydrogens (tertiary/aromatic N) is 2. The number of hydrogen-bond donors (Lipinski definition) is 1. The van der Waals surface area contributed by atoms with Crippen LogP contribution in [0.3, 0.4) is 0 Å². The Labute approximate surface area is 113 Å². The van der Waals surface area contributed by atoms with Crippen LogP contribution < -0.4 is 10.2 Å². The van der Waals surface area contributed by atoms with E-state index in [9.17, 15) is 10.1 Å². The maximum absolute atomic E-state index is 11.0. The zero-order valence-corrected chi connectivity index (χ0v) is 11.6. The Bertz CT molecular complexity index is 454. The van der Waals surface area contributed by atoms with E-state index in [1.807, 2.05) is 6.07 Å². The second-order valence-corrected chi connectivity index (χ2v) is 5.08. The average Bonchev–Trinajstić information content (AvgIpc) is 2.46. The molecule has 104 valence electrons. The van der Waals surface area contributed by atoms with Crippen molar-refractivity contribution < 1.29 is 4.92 Å². The van der Waals surface area contributed by atoms with E-state index in [0.29, 0.717) is 0 Å². The van der Waals surface area contributed by atoms with Gasteiger partial charge in [-0.2, -0.15) is 0 Å². The van der Waals surface area contributed by atoms with Gasteiger partial charge in [0, 0.05) is 43.6 Å². The first kappa shape index (κ1) is 13.6. The van der Waals surface area contributed by atoms with Crippen molar-refractivity contribution in [1.82, 2.24) is 0 Å². The monoisotopic (exact) mass is 263 g/mol. The Kier molecular flexibility index (Phi) is 4.24. The molecule has 0 aliphatic carbocycles. The highest BCUT2D eigenvalue weighted by Crippen LogP contribution is 2.30. The summed E-state index contributed by atoms with van der Waals surface area (Å²) >= 11 is 0. The van der Waals surface area contributed by atoms with Crippen LogP contribution in [0, 0.1) is 16.0 Å². The lowest BCUT2D eigenvalue weighted by atomic mass is 9.94. The van der Waals surface area contributed by atoms with E-state index in [0.717, 1.165) is 30.4 Å². The predicted molar refractivity (Wildman–Crippen MR) is 77.9 cm³/mol. The molecule has 5 heteroatoms. The fraction of sp³-hybridized carbons (Fsp3) is 0.571. The van der Waals surface area contributed by atoms with Gasteiger partial charge in [-0.05, 0) is 24.8 Å². The zero-order chi connectivity index (χ0) is 13.8. The maximum atomic E-state index is 11.0. The van der Waals surface area contributed by atoms with Crippen molar-refractivity contribution in [3.63, 3.8) is 0 Å². The smallest absolute Gasteiger partial charge is 0.273 e.